The molecule has 2 N–H and O–H groups in total. The third-order valence-corrected chi connectivity index (χ3v) is 4.17. The van der Waals surface area contributed by atoms with E-state index in [1.807, 2.05) is 26.0 Å². The summed E-state index contributed by atoms with van der Waals surface area (Å²) in [5.41, 5.74) is 1.48. The number of hydrogen-bond donors (Lipinski definition) is 2. The average molecular weight is 509 g/mol. The summed E-state index contributed by atoms with van der Waals surface area (Å²) >= 11 is 0. The molecule has 5 nitrogen and oxygen atoms in total. The Labute approximate surface area is 180 Å². The van der Waals surface area contributed by atoms with Gasteiger partial charge in [0.15, 0.2) is 11.7 Å². The number of halogens is 4. The predicted octanol–water partition coefficient (Wildman–Crippen LogP) is 4.44. The maximum absolute atomic E-state index is 13.1. The van der Waals surface area contributed by atoms with Crippen LogP contribution in [0.5, 0.6) is 0 Å². The van der Waals surface area contributed by atoms with Crippen LogP contribution < -0.4 is 10.6 Å². The van der Waals surface area contributed by atoms with Gasteiger partial charge < -0.3 is 10.6 Å². The van der Waals surface area contributed by atoms with Gasteiger partial charge in [-0.05, 0) is 31.4 Å². The summed E-state index contributed by atoms with van der Waals surface area (Å²) in [5.74, 6) is 0.460. The van der Waals surface area contributed by atoms with E-state index >= 15 is 0 Å². The van der Waals surface area contributed by atoms with Crippen LogP contribution in [0.25, 0.3) is 0 Å². The third kappa shape index (κ3) is 6.68. The zero-order valence-electron chi connectivity index (χ0n) is 16.5. The lowest BCUT2D eigenvalue weighted by molar-refractivity contribution is -0.142. The largest absolute Gasteiger partial charge is 0.435 e. The molecule has 1 aromatic carbocycles. The molecule has 0 spiro atoms. The Morgan fingerprint density at radius 2 is 1.86 bits per heavy atom. The lowest BCUT2D eigenvalue weighted by Crippen LogP contribution is -2.38. The van der Waals surface area contributed by atoms with E-state index in [-0.39, 0.29) is 42.1 Å². The Balaban J connectivity index is 0.00000392. The molecular weight excluding hydrogens is 482 g/mol. The fourth-order valence-corrected chi connectivity index (χ4v) is 2.71. The van der Waals surface area contributed by atoms with Crippen LogP contribution in [0.3, 0.4) is 0 Å². The molecule has 2 rings (SSSR count). The van der Waals surface area contributed by atoms with Crippen molar-refractivity contribution in [1.82, 2.24) is 20.4 Å². The number of guanidine groups is 1. The fourth-order valence-electron chi connectivity index (χ4n) is 2.71. The van der Waals surface area contributed by atoms with E-state index in [1.54, 1.807) is 0 Å². The molecule has 9 heteroatoms. The zero-order valence-corrected chi connectivity index (χ0v) is 18.8. The topological polar surface area (TPSA) is 54.2 Å². The minimum Gasteiger partial charge on any atom is -0.357 e. The van der Waals surface area contributed by atoms with Gasteiger partial charge in [0.1, 0.15) is 0 Å². The van der Waals surface area contributed by atoms with Gasteiger partial charge >= 0.3 is 6.18 Å². The van der Waals surface area contributed by atoms with Crippen LogP contribution in [-0.2, 0) is 26.2 Å². The van der Waals surface area contributed by atoms with Gasteiger partial charge in [0.05, 0.1) is 12.6 Å². The molecular formula is C19H27F3IN5. The molecule has 0 radical (unpaired) electrons. The molecule has 0 amide bonds. The molecule has 0 saturated carbocycles. The van der Waals surface area contributed by atoms with Crippen molar-refractivity contribution in [2.45, 2.75) is 46.0 Å². The molecule has 0 aliphatic carbocycles. The fraction of sp³-hybridized carbons (Fsp3) is 0.474. The van der Waals surface area contributed by atoms with E-state index in [2.05, 4.69) is 39.8 Å². The second-order valence-corrected chi connectivity index (χ2v) is 6.33. The molecule has 0 saturated heterocycles. The highest BCUT2D eigenvalue weighted by molar-refractivity contribution is 14.0. The molecule has 1 aromatic heterocycles. The molecule has 1 unspecified atom stereocenters. The van der Waals surface area contributed by atoms with Crippen LogP contribution >= 0.6 is 24.0 Å². The van der Waals surface area contributed by atoms with Gasteiger partial charge in [-0.1, -0.05) is 31.2 Å². The van der Waals surface area contributed by atoms with Gasteiger partial charge in [0.2, 0.25) is 0 Å². The summed E-state index contributed by atoms with van der Waals surface area (Å²) in [6.07, 6.45) is -2.17. The summed E-state index contributed by atoms with van der Waals surface area (Å²) in [7, 11) is 1.47. The van der Waals surface area contributed by atoms with Crippen LogP contribution in [0.1, 0.15) is 49.2 Å². The van der Waals surface area contributed by atoms with Gasteiger partial charge in [-0.2, -0.15) is 18.3 Å². The van der Waals surface area contributed by atoms with E-state index < -0.39 is 11.9 Å². The maximum Gasteiger partial charge on any atom is 0.435 e. The smallest absolute Gasteiger partial charge is 0.357 e. The van der Waals surface area contributed by atoms with E-state index in [1.165, 1.54) is 18.8 Å². The number of aromatic nitrogens is 2. The Morgan fingerprint density at radius 1 is 1.21 bits per heavy atom. The zero-order chi connectivity index (χ0) is 20.0. The molecule has 0 bridgehead atoms. The highest BCUT2D eigenvalue weighted by atomic mass is 127. The van der Waals surface area contributed by atoms with Crippen LogP contribution in [0.2, 0.25) is 0 Å². The van der Waals surface area contributed by atoms with E-state index in [0.717, 1.165) is 16.7 Å². The number of hydrogen-bond acceptors (Lipinski definition) is 2. The normalized spacial score (nSPS) is 13.0. The molecule has 2 aromatic rings. The van der Waals surface area contributed by atoms with Crippen molar-refractivity contribution in [3.63, 3.8) is 0 Å². The number of aryl methyl sites for hydroxylation is 2. The SMILES string of the molecule is CCNC(=NCc1cn(C)nc1C(F)(F)F)NC(C)c1ccc(CC)cc1.I. The van der Waals surface area contributed by atoms with Crippen molar-refractivity contribution in [2.75, 3.05) is 6.54 Å². The van der Waals surface area contributed by atoms with E-state index in [9.17, 15) is 13.2 Å². The third-order valence-electron chi connectivity index (χ3n) is 4.17. The minimum absolute atomic E-state index is 0. The number of benzene rings is 1. The first-order valence-corrected chi connectivity index (χ1v) is 8.98. The highest BCUT2D eigenvalue weighted by Crippen LogP contribution is 2.30. The highest BCUT2D eigenvalue weighted by Gasteiger charge is 2.36. The summed E-state index contributed by atoms with van der Waals surface area (Å²) < 4.78 is 40.4. The quantitative estimate of drug-likeness (QED) is 0.344. The van der Waals surface area contributed by atoms with Crippen molar-refractivity contribution in [1.29, 1.82) is 0 Å². The Morgan fingerprint density at radius 3 is 2.39 bits per heavy atom. The molecule has 1 heterocycles. The summed E-state index contributed by atoms with van der Waals surface area (Å²) in [6, 6.07) is 8.20. The standard InChI is InChI=1S/C19H26F3N5.HI/c1-5-14-7-9-15(10-8-14)13(3)25-18(23-6-2)24-11-16-12-27(4)26-17(16)19(20,21)22;/h7-10,12-13H,5-6,11H2,1-4H3,(H2,23,24,25);1H. The molecule has 0 aliphatic rings. The van der Waals surface area contributed by atoms with Gasteiger partial charge in [-0.15, -0.1) is 24.0 Å². The lowest BCUT2D eigenvalue weighted by atomic mass is 10.1. The molecule has 0 aliphatic heterocycles. The number of alkyl halides is 3. The molecule has 28 heavy (non-hydrogen) atoms. The van der Waals surface area contributed by atoms with Gasteiger partial charge in [0.25, 0.3) is 0 Å². The van der Waals surface area contributed by atoms with Crippen molar-refractivity contribution < 1.29 is 13.2 Å². The predicted molar refractivity (Wildman–Crippen MR) is 116 cm³/mol. The summed E-state index contributed by atoms with van der Waals surface area (Å²) in [4.78, 5) is 4.31. The number of nitrogens with one attached hydrogen (secondary N) is 2. The van der Waals surface area contributed by atoms with Crippen molar-refractivity contribution in [3.05, 3.63) is 52.8 Å². The van der Waals surface area contributed by atoms with Crippen LogP contribution in [-0.4, -0.2) is 22.3 Å². The first-order chi connectivity index (χ1) is 12.7. The minimum atomic E-state index is -4.49. The average Bonchev–Trinajstić information content (AvgIpc) is 3.01. The van der Waals surface area contributed by atoms with Crippen LogP contribution in [0.4, 0.5) is 13.2 Å². The van der Waals surface area contributed by atoms with Crippen molar-refractivity contribution >= 4 is 29.9 Å². The Kier molecular flexibility index (Phi) is 9.25. The first-order valence-electron chi connectivity index (χ1n) is 8.98. The number of nitrogens with zero attached hydrogens (tertiary/aromatic N) is 3. The molecule has 0 fully saturated rings. The van der Waals surface area contributed by atoms with Crippen LogP contribution in [0.15, 0.2) is 35.5 Å². The second-order valence-electron chi connectivity index (χ2n) is 6.33. The molecule has 156 valence electrons. The lowest BCUT2D eigenvalue weighted by Gasteiger charge is -2.18. The van der Waals surface area contributed by atoms with Gasteiger partial charge in [0, 0.05) is 25.4 Å². The molecule has 1 atom stereocenters. The van der Waals surface area contributed by atoms with E-state index in [4.69, 9.17) is 0 Å². The van der Waals surface area contributed by atoms with Crippen LogP contribution in [0, 0.1) is 0 Å². The number of aliphatic imine (C=N–C) groups is 1. The van der Waals surface area contributed by atoms with E-state index in [0.29, 0.717) is 12.5 Å². The van der Waals surface area contributed by atoms with Crippen molar-refractivity contribution in [2.24, 2.45) is 12.0 Å². The second kappa shape index (κ2) is 10.7. The van der Waals surface area contributed by atoms with Gasteiger partial charge in [-0.3, -0.25) is 4.68 Å². The summed E-state index contributed by atoms with van der Waals surface area (Å²) in [6.45, 7) is 6.48. The monoisotopic (exact) mass is 509 g/mol. The first kappa shape index (κ1) is 24.3. The van der Waals surface area contributed by atoms with Gasteiger partial charge in [-0.25, -0.2) is 4.99 Å². The number of rotatable bonds is 6. The summed E-state index contributed by atoms with van der Waals surface area (Å²) in [5, 5.41) is 9.82. The Bertz CT molecular complexity index is 769. The van der Waals surface area contributed by atoms with Crippen molar-refractivity contribution in [3.8, 4) is 0 Å². The maximum atomic E-state index is 13.1. The Hall–Kier alpha value is -1.78.